The number of Topliss-reactive ketones (excluding diaryl/α,β-unsaturated/α-hetero) is 1. The first kappa shape index (κ1) is 25.4. The van der Waals surface area contributed by atoms with Crippen LogP contribution in [0.1, 0.15) is 21.5 Å². The molecule has 4 aromatic carbocycles. The monoisotopic (exact) mass is 495 g/mol. The van der Waals surface area contributed by atoms with Crippen LogP contribution in [0, 0.1) is 12.8 Å². The fourth-order valence-electron chi connectivity index (χ4n) is 4.04. The Morgan fingerprint density at radius 2 is 1.36 bits per heavy atom. The zero-order valence-electron chi connectivity index (χ0n) is 20.1. The van der Waals surface area contributed by atoms with Gasteiger partial charge in [-0.15, -0.1) is 11.8 Å². The van der Waals surface area contributed by atoms with E-state index in [9.17, 15) is 14.7 Å². The van der Waals surface area contributed by atoms with Crippen LogP contribution < -0.4 is 5.32 Å². The molecule has 182 valence electrons. The van der Waals surface area contributed by atoms with Crippen molar-refractivity contribution in [1.82, 2.24) is 5.32 Å². The number of ketones is 1. The normalized spacial score (nSPS) is 12.6. The average molecular weight is 496 g/mol. The number of rotatable bonds is 11. The second kappa shape index (κ2) is 12.3. The SMILES string of the molecule is Cc1ccc(SCC(C(=O)c2ccc(-c3ccccc3)cc2)C(NCc2ccccc2)C(=O)O)cc1. The second-order valence-corrected chi connectivity index (χ2v) is 9.81. The van der Waals surface area contributed by atoms with E-state index in [1.807, 2.05) is 104 Å². The maximum Gasteiger partial charge on any atom is 0.321 e. The van der Waals surface area contributed by atoms with E-state index in [0.717, 1.165) is 27.1 Å². The number of hydrogen-bond donors (Lipinski definition) is 2. The molecule has 0 fully saturated rings. The number of hydrogen-bond acceptors (Lipinski definition) is 4. The van der Waals surface area contributed by atoms with E-state index in [0.29, 0.717) is 17.9 Å². The van der Waals surface area contributed by atoms with Crippen molar-refractivity contribution >= 4 is 23.5 Å². The molecule has 5 heteroatoms. The first-order chi connectivity index (χ1) is 17.5. The summed E-state index contributed by atoms with van der Waals surface area (Å²) in [5.41, 5.74) is 4.70. The van der Waals surface area contributed by atoms with E-state index in [-0.39, 0.29) is 5.78 Å². The highest BCUT2D eigenvalue weighted by Gasteiger charge is 2.34. The van der Waals surface area contributed by atoms with Gasteiger partial charge >= 0.3 is 5.97 Å². The van der Waals surface area contributed by atoms with Crippen LogP contribution >= 0.6 is 11.8 Å². The fourth-order valence-corrected chi connectivity index (χ4v) is 5.09. The summed E-state index contributed by atoms with van der Waals surface area (Å²) in [4.78, 5) is 27.1. The largest absolute Gasteiger partial charge is 0.480 e. The summed E-state index contributed by atoms with van der Waals surface area (Å²) in [6.07, 6.45) is 0. The van der Waals surface area contributed by atoms with Gasteiger partial charge in [-0.1, -0.05) is 103 Å². The Bertz CT molecular complexity index is 1270. The Hall–Kier alpha value is -3.67. The zero-order valence-corrected chi connectivity index (χ0v) is 20.9. The lowest BCUT2D eigenvalue weighted by molar-refractivity contribution is -0.140. The van der Waals surface area contributed by atoms with Crippen LogP contribution in [0.15, 0.2) is 114 Å². The minimum absolute atomic E-state index is 0.179. The maximum atomic E-state index is 13.7. The van der Waals surface area contributed by atoms with Gasteiger partial charge in [-0.3, -0.25) is 14.9 Å². The van der Waals surface area contributed by atoms with Gasteiger partial charge in [0.25, 0.3) is 0 Å². The van der Waals surface area contributed by atoms with Crippen LogP contribution in [0.2, 0.25) is 0 Å². The molecule has 4 nitrogen and oxygen atoms in total. The average Bonchev–Trinajstić information content (AvgIpc) is 2.92. The minimum Gasteiger partial charge on any atom is -0.480 e. The van der Waals surface area contributed by atoms with Gasteiger partial charge in [-0.2, -0.15) is 0 Å². The van der Waals surface area contributed by atoms with Crippen molar-refractivity contribution in [3.63, 3.8) is 0 Å². The lowest BCUT2D eigenvalue weighted by Gasteiger charge is -2.24. The molecule has 0 heterocycles. The molecule has 0 aliphatic carbocycles. The molecular weight excluding hydrogens is 466 g/mol. The van der Waals surface area contributed by atoms with Crippen molar-refractivity contribution in [1.29, 1.82) is 0 Å². The Labute approximate surface area is 216 Å². The summed E-state index contributed by atoms with van der Waals surface area (Å²) < 4.78 is 0. The van der Waals surface area contributed by atoms with Crippen molar-refractivity contribution in [3.8, 4) is 11.1 Å². The summed E-state index contributed by atoms with van der Waals surface area (Å²) in [5, 5.41) is 13.3. The number of carboxylic acids is 1. The summed E-state index contributed by atoms with van der Waals surface area (Å²) in [5.74, 6) is -1.61. The molecule has 2 N–H and O–H groups in total. The smallest absolute Gasteiger partial charge is 0.321 e. The van der Waals surface area contributed by atoms with Gasteiger partial charge in [0.2, 0.25) is 0 Å². The number of aliphatic carboxylic acids is 1. The number of carbonyl (C=O) groups is 2. The molecule has 4 rings (SSSR count). The first-order valence-corrected chi connectivity index (χ1v) is 12.9. The lowest BCUT2D eigenvalue weighted by atomic mass is 9.91. The molecule has 0 spiro atoms. The molecule has 0 amide bonds. The van der Waals surface area contributed by atoms with E-state index in [2.05, 4.69) is 5.32 Å². The lowest BCUT2D eigenvalue weighted by Crippen LogP contribution is -2.46. The molecule has 0 bridgehead atoms. The van der Waals surface area contributed by atoms with Gasteiger partial charge in [0, 0.05) is 22.8 Å². The number of thioether (sulfide) groups is 1. The molecule has 0 saturated carbocycles. The van der Waals surface area contributed by atoms with E-state index in [1.165, 1.54) is 11.8 Å². The third-order valence-electron chi connectivity index (χ3n) is 6.10. The number of carbonyl (C=O) groups excluding carboxylic acids is 1. The number of carboxylic acid groups (broad SMARTS) is 1. The predicted octanol–water partition coefficient (Wildman–Crippen LogP) is 6.50. The molecule has 0 aliphatic rings. The Morgan fingerprint density at radius 3 is 1.97 bits per heavy atom. The molecule has 0 saturated heterocycles. The van der Waals surface area contributed by atoms with Gasteiger partial charge in [-0.05, 0) is 35.7 Å². The van der Waals surface area contributed by atoms with Gasteiger partial charge in [-0.25, -0.2) is 0 Å². The highest BCUT2D eigenvalue weighted by molar-refractivity contribution is 7.99. The minimum atomic E-state index is -1.03. The van der Waals surface area contributed by atoms with Crippen LogP contribution in [0.25, 0.3) is 11.1 Å². The summed E-state index contributed by atoms with van der Waals surface area (Å²) in [7, 11) is 0. The standard InChI is InChI=1S/C31H29NO3S/c1-22-12-18-27(19-13-22)36-21-28(29(31(34)35)32-20-23-8-4-2-5-9-23)30(33)26-16-14-25(15-17-26)24-10-6-3-7-11-24/h2-19,28-29,32H,20-21H2,1H3,(H,34,35). The predicted molar refractivity (Wildman–Crippen MR) is 146 cm³/mol. The molecule has 2 unspecified atom stereocenters. The molecule has 0 radical (unpaired) electrons. The van der Waals surface area contributed by atoms with Crippen molar-refractivity contribution < 1.29 is 14.7 Å². The van der Waals surface area contributed by atoms with Gasteiger partial charge in [0.15, 0.2) is 5.78 Å². The molecule has 4 aromatic rings. The summed E-state index contributed by atoms with van der Waals surface area (Å²) >= 11 is 1.50. The molecule has 2 atom stereocenters. The molecule has 0 aliphatic heterocycles. The second-order valence-electron chi connectivity index (χ2n) is 8.72. The number of nitrogens with one attached hydrogen (secondary N) is 1. The van der Waals surface area contributed by atoms with E-state index >= 15 is 0 Å². The van der Waals surface area contributed by atoms with E-state index in [4.69, 9.17) is 0 Å². The molecule has 0 aromatic heterocycles. The Morgan fingerprint density at radius 1 is 0.778 bits per heavy atom. The van der Waals surface area contributed by atoms with Crippen LogP contribution in [-0.4, -0.2) is 28.7 Å². The summed E-state index contributed by atoms with van der Waals surface area (Å²) in [6, 6.07) is 34.0. The van der Waals surface area contributed by atoms with E-state index in [1.54, 1.807) is 12.1 Å². The number of benzene rings is 4. The maximum absolute atomic E-state index is 13.7. The van der Waals surface area contributed by atoms with Crippen LogP contribution in [-0.2, 0) is 11.3 Å². The van der Waals surface area contributed by atoms with Crippen LogP contribution in [0.4, 0.5) is 0 Å². The number of aryl methyl sites for hydroxylation is 1. The molecule has 36 heavy (non-hydrogen) atoms. The third-order valence-corrected chi connectivity index (χ3v) is 7.23. The van der Waals surface area contributed by atoms with Crippen molar-refractivity contribution in [2.45, 2.75) is 24.4 Å². The topological polar surface area (TPSA) is 66.4 Å². The third kappa shape index (κ3) is 6.72. The summed E-state index contributed by atoms with van der Waals surface area (Å²) in [6.45, 7) is 2.39. The Kier molecular flexibility index (Phi) is 8.71. The van der Waals surface area contributed by atoms with Gasteiger partial charge < -0.3 is 5.11 Å². The van der Waals surface area contributed by atoms with Crippen molar-refractivity contribution in [2.75, 3.05) is 5.75 Å². The highest BCUT2D eigenvalue weighted by Crippen LogP contribution is 2.27. The first-order valence-electron chi connectivity index (χ1n) is 11.9. The fraction of sp³-hybridized carbons (Fsp3) is 0.161. The van der Waals surface area contributed by atoms with Gasteiger partial charge in [0.05, 0.1) is 5.92 Å². The highest BCUT2D eigenvalue weighted by atomic mass is 32.2. The van der Waals surface area contributed by atoms with Crippen molar-refractivity contribution in [3.05, 3.63) is 126 Å². The zero-order chi connectivity index (χ0) is 25.3. The Balaban J connectivity index is 1.58. The van der Waals surface area contributed by atoms with Crippen LogP contribution in [0.5, 0.6) is 0 Å². The van der Waals surface area contributed by atoms with Crippen LogP contribution in [0.3, 0.4) is 0 Å². The quantitative estimate of drug-likeness (QED) is 0.184. The molecular formula is C31H29NO3S. The van der Waals surface area contributed by atoms with E-state index < -0.39 is 17.9 Å². The van der Waals surface area contributed by atoms with Gasteiger partial charge in [0.1, 0.15) is 6.04 Å². The van der Waals surface area contributed by atoms with Crippen molar-refractivity contribution in [2.24, 2.45) is 5.92 Å².